The van der Waals surface area contributed by atoms with Crippen LogP contribution in [0.4, 0.5) is 0 Å². The lowest BCUT2D eigenvalue weighted by Gasteiger charge is -2.13. The van der Waals surface area contributed by atoms with Crippen LogP contribution in [-0.2, 0) is 0 Å². The second kappa shape index (κ2) is 10.3. The topological polar surface area (TPSA) is 51.6 Å². The normalized spacial score (nSPS) is 11.2. The SMILES string of the molecule is Clc1nc(-c2ccccc2)c2c(-c3ccc(-c4nc(-c5ccccc5)nc5ccc(Br)cc45)cc3)cccc2n1. The van der Waals surface area contributed by atoms with Gasteiger partial charge in [-0.3, -0.25) is 0 Å². The van der Waals surface area contributed by atoms with E-state index in [2.05, 4.69) is 62.3 Å². The van der Waals surface area contributed by atoms with E-state index < -0.39 is 0 Å². The van der Waals surface area contributed by atoms with E-state index in [-0.39, 0.29) is 5.28 Å². The van der Waals surface area contributed by atoms with Crippen molar-refractivity contribution in [3.05, 3.63) is 131 Å². The number of fused-ring (bicyclic) bond motifs is 2. The first-order valence-corrected chi connectivity index (χ1v) is 14.0. The number of benzene rings is 5. The number of hydrogen-bond donors (Lipinski definition) is 0. The van der Waals surface area contributed by atoms with Gasteiger partial charge in [0.1, 0.15) is 0 Å². The minimum Gasteiger partial charge on any atom is -0.228 e. The number of nitrogens with zero attached hydrogens (tertiary/aromatic N) is 4. The number of rotatable bonds is 4. The highest BCUT2D eigenvalue weighted by molar-refractivity contribution is 9.10. The molecule has 190 valence electrons. The Morgan fingerprint density at radius 1 is 0.500 bits per heavy atom. The lowest BCUT2D eigenvalue weighted by Crippen LogP contribution is -1.96. The summed E-state index contributed by atoms with van der Waals surface area (Å²) in [6.45, 7) is 0. The molecule has 0 bridgehead atoms. The summed E-state index contributed by atoms with van der Waals surface area (Å²) in [5, 5.41) is 2.19. The lowest BCUT2D eigenvalue weighted by molar-refractivity contribution is 1.22. The number of hydrogen-bond acceptors (Lipinski definition) is 4. The predicted octanol–water partition coefficient (Wildman–Crippen LogP) is 9.66. The summed E-state index contributed by atoms with van der Waals surface area (Å²) in [6.07, 6.45) is 0. The van der Waals surface area contributed by atoms with Crippen LogP contribution in [0.1, 0.15) is 0 Å². The van der Waals surface area contributed by atoms with Crippen molar-refractivity contribution in [2.75, 3.05) is 0 Å². The molecule has 0 aliphatic heterocycles. The van der Waals surface area contributed by atoms with Crippen LogP contribution in [0.15, 0.2) is 126 Å². The molecule has 2 aromatic heterocycles. The van der Waals surface area contributed by atoms with E-state index in [0.29, 0.717) is 5.82 Å². The maximum absolute atomic E-state index is 6.34. The summed E-state index contributed by atoms with van der Waals surface area (Å²) in [7, 11) is 0. The van der Waals surface area contributed by atoms with Crippen molar-refractivity contribution >= 4 is 49.3 Å². The highest BCUT2D eigenvalue weighted by Gasteiger charge is 2.16. The van der Waals surface area contributed by atoms with Crippen LogP contribution in [0.2, 0.25) is 5.28 Å². The Morgan fingerprint density at radius 3 is 1.93 bits per heavy atom. The Kier molecular flexibility index (Phi) is 6.31. The van der Waals surface area contributed by atoms with Crippen molar-refractivity contribution < 1.29 is 0 Å². The van der Waals surface area contributed by atoms with Crippen LogP contribution in [0, 0.1) is 0 Å². The Hall–Kier alpha value is -4.45. The molecule has 7 aromatic rings. The summed E-state index contributed by atoms with van der Waals surface area (Å²) >= 11 is 9.96. The highest BCUT2D eigenvalue weighted by Crippen LogP contribution is 2.37. The Morgan fingerprint density at radius 2 is 1.18 bits per heavy atom. The predicted molar refractivity (Wildman–Crippen MR) is 167 cm³/mol. The van der Waals surface area contributed by atoms with E-state index in [1.165, 1.54) is 0 Å². The zero-order valence-electron chi connectivity index (χ0n) is 21.1. The molecule has 0 saturated heterocycles. The summed E-state index contributed by atoms with van der Waals surface area (Å²) < 4.78 is 0.983. The van der Waals surface area contributed by atoms with Crippen LogP contribution >= 0.6 is 27.5 Å². The van der Waals surface area contributed by atoms with E-state index in [1.54, 1.807) is 0 Å². The van der Waals surface area contributed by atoms with E-state index >= 15 is 0 Å². The van der Waals surface area contributed by atoms with Gasteiger partial charge in [-0.25, -0.2) is 19.9 Å². The molecule has 6 heteroatoms. The van der Waals surface area contributed by atoms with E-state index in [1.807, 2.05) is 84.9 Å². The van der Waals surface area contributed by atoms with Crippen molar-refractivity contribution in [1.29, 1.82) is 0 Å². The lowest BCUT2D eigenvalue weighted by atomic mass is 9.95. The van der Waals surface area contributed by atoms with Gasteiger partial charge in [0.25, 0.3) is 0 Å². The quantitative estimate of drug-likeness (QED) is 0.189. The third-order valence-corrected chi connectivity index (χ3v) is 7.56. The average molecular weight is 600 g/mol. The molecule has 0 amide bonds. The van der Waals surface area contributed by atoms with Crippen LogP contribution in [0.5, 0.6) is 0 Å². The van der Waals surface area contributed by atoms with E-state index in [4.69, 9.17) is 21.6 Å². The van der Waals surface area contributed by atoms with Gasteiger partial charge in [-0.05, 0) is 47.0 Å². The Bertz CT molecular complexity index is 2010. The smallest absolute Gasteiger partial charge is 0.223 e. The van der Waals surface area contributed by atoms with Gasteiger partial charge in [0.15, 0.2) is 5.82 Å². The molecule has 0 saturated carbocycles. The number of halogens is 2. The molecule has 0 unspecified atom stereocenters. The van der Waals surface area contributed by atoms with Crippen LogP contribution in [0.25, 0.3) is 66.8 Å². The maximum Gasteiger partial charge on any atom is 0.223 e. The molecular formula is C34H20BrClN4. The molecule has 0 aliphatic carbocycles. The van der Waals surface area contributed by atoms with Crippen LogP contribution in [0.3, 0.4) is 0 Å². The molecule has 0 radical (unpaired) electrons. The van der Waals surface area contributed by atoms with Gasteiger partial charge in [0, 0.05) is 31.9 Å². The van der Waals surface area contributed by atoms with Crippen LogP contribution < -0.4 is 0 Å². The molecule has 4 nitrogen and oxygen atoms in total. The first kappa shape index (κ1) is 24.6. The minimum absolute atomic E-state index is 0.231. The first-order chi connectivity index (χ1) is 19.6. The van der Waals surface area contributed by atoms with Crippen LogP contribution in [-0.4, -0.2) is 19.9 Å². The zero-order chi connectivity index (χ0) is 27.1. The highest BCUT2D eigenvalue weighted by atomic mass is 79.9. The van der Waals surface area contributed by atoms with Crippen molar-refractivity contribution in [3.63, 3.8) is 0 Å². The number of aromatic nitrogens is 4. The molecule has 40 heavy (non-hydrogen) atoms. The molecule has 0 N–H and O–H groups in total. The summed E-state index contributed by atoms with van der Waals surface area (Å²) in [6, 6.07) is 40.8. The summed E-state index contributed by atoms with van der Waals surface area (Å²) in [4.78, 5) is 19.1. The molecule has 0 atom stereocenters. The van der Waals surface area contributed by atoms with Gasteiger partial charge in [0.05, 0.1) is 22.4 Å². The monoisotopic (exact) mass is 598 g/mol. The third-order valence-electron chi connectivity index (χ3n) is 6.90. The van der Waals surface area contributed by atoms with Crippen molar-refractivity contribution in [1.82, 2.24) is 19.9 Å². The van der Waals surface area contributed by atoms with E-state index in [9.17, 15) is 0 Å². The summed E-state index contributed by atoms with van der Waals surface area (Å²) in [5.41, 5.74) is 8.48. The second-order valence-corrected chi connectivity index (χ2v) is 10.7. The molecular weight excluding hydrogens is 580 g/mol. The Balaban J connectivity index is 1.39. The minimum atomic E-state index is 0.231. The molecule has 0 aliphatic rings. The zero-order valence-corrected chi connectivity index (χ0v) is 23.4. The fourth-order valence-corrected chi connectivity index (χ4v) is 5.58. The fourth-order valence-electron chi connectivity index (χ4n) is 5.04. The van der Waals surface area contributed by atoms with Gasteiger partial charge in [0.2, 0.25) is 5.28 Å². The van der Waals surface area contributed by atoms with Gasteiger partial charge < -0.3 is 0 Å². The molecule has 0 fully saturated rings. The summed E-state index contributed by atoms with van der Waals surface area (Å²) in [5.74, 6) is 0.699. The molecule has 2 heterocycles. The van der Waals surface area contributed by atoms with Gasteiger partial charge in [-0.15, -0.1) is 0 Å². The van der Waals surface area contributed by atoms with E-state index in [0.717, 1.165) is 65.5 Å². The molecule has 7 rings (SSSR count). The molecule has 5 aromatic carbocycles. The maximum atomic E-state index is 6.34. The first-order valence-electron chi connectivity index (χ1n) is 12.8. The standard InChI is InChI=1S/C34H20BrClN4/c35-25-18-19-28-27(20-25)31(39-33(37-28)24-10-5-2-6-11-24)23-16-14-21(15-17-23)26-12-7-13-29-30(26)32(40-34(36)38-29)22-8-3-1-4-9-22/h1-20H. The van der Waals surface area contributed by atoms with Crippen molar-refractivity contribution in [2.24, 2.45) is 0 Å². The van der Waals surface area contributed by atoms with Gasteiger partial charge in [-0.1, -0.05) is 113 Å². The fraction of sp³-hybridized carbons (Fsp3) is 0. The second-order valence-electron chi connectivity index (χ2n) is 9.41. The third kappa shape index (κ3) is 4.53. The average Bonchev–Trinajstić information content (AvgIpc) is 3.01. The van der Waals surface area contributed by atoms with Crippen molar-refractivity contribution in [3.8, 4) is 45.0 Å². The molecule has 0 spiro atoms. The van der Waals surface area contributed by atoms with Crippen molar-refractivity contribution in [2.45, 2.75) is 0 Å². The largest absolute Gasteiger partial charge is 0.228 e. The van der Waals surface area contributed by atoms with Gasteiger partial charge in [-0.2, -0.15) is 0 Å². The Labute approximate surface area is 244 Å². The van der Waals surface area contributed by atoms with Gasteiger partial charge >= 0.3 is 0 Å².